The van der Waals surface area contributed by atoms with Gasteiger partial charge in [-0.3, -0.25) is 4.79 Å². The van der Waals surface area contributed by atoms with E-state index >= 15 is 0 Å². The molecule has 0 unspecified atom stereocenters. The lowest BCUT2D eigenvalue weighted by atomic mass is 10.1. The number of aldehydes is 2. The molecule has 0 spiro atoms. The zero-order valence-corrected chi connectivity index (χ0v) is 11.1. The first kappa shape index (κ1) is 16.9. The maximum absolute atomic E-state index is 12.9. The topological polar surface area (TPSA) is 54.5 Å². The van der Waals surface area contributed by atoms with Crippen LogP contribution in [0.3, 0.4) is 0 Å². The highest BCUT2D eigenvalue weighted by molar-refractivity contribution is 5.96. The number of amides is 1. The molecule has 1 aromatic carbocycles. The molecule has 1 aromatic rings. The highest BCUT2D eigenvalue weighted by Crippen LogP contribution is 2.32. The Morgan fingerprint density at radius 3 is 2.05 bits per heavy atom. The van der Waals surface area contributed by atoms with Crippen LogP contribution in [-0.4, -0.2) is 36.5 Å². The molecule has 4 nitrogen and oxygen atoms in total. The van der Waals surface area contributed by atoms with E-state index in [1.165, 1.54) is 12.1 Å². The molecule has 0 radical (unpaired) electrons. The fourth-order valence-corrected chi connectivity index (χ4v) is 1.82. The minimum Gasteiger partial charge on any atom is -0.338 e. The zero-order valence-electron chi connectivity index (χ0n) is 11.1. The lowest BCUT2D eigenvalue weighted by Crippen LogP contribution is -2.34. The quantitative estimate of drug-likeness (QED) is 0.726. The predicted octanol–water partition coefficient (Wildman–Crippen LogP) is 2.33. The van der Waals surface area contributed by atoms with Gasteiger partial charge in [-0.2, -0.15) is 13.2 Å². The summed E-state index contributed by atoms with van der Waals surface area (Å²) in [6.45, 7) is -0.0509. The molecule has 1 amide bonds. The second-order valence-corrected chi connectivity index (χ2v) is 4.25. The van der Waals surface area contributed by atoms with Crippen LogP contribution in [0, 0.1) is 0 Å². The Kier molecular flexibility index (Phi) is 6.08. The van der Waals surface area contributed by atoms with Crippen molar-refractivity contribution in [2.24, 2.45) is 0 Å². The Labute approximate surface area is 119 Å². The Balaban J connectivity index is 3.08. The molecule has 0 saturated carbocycles. The number of halogens is 3. The molecule has 114 valence electrons. The summed E-state index contributed by atoms with van der Waals surface area (Å²) in [7, 11) is 0. The van der Waals surface area contributed by atoms with Crippen LogP contribution in [0.2, 0.25) is 0 Å². The molecule has 0 saturated heterocycles. The Hall–Kier alpha value is -2.18. The minimum atomic E-state index is -4.65. The van der Waals surface area contributed by atoms with E-state index in [1.54, 1.807) is 0 Å². The average molecular weight is 301 g/mol. The fraction of sp³-hybridized carbons (Fsp3) is 0.357. The number of alkyl halides is 3. The molecule has 0 N–H and O–H groups in total. The third-order valence-corrected chi connectivity index (χ3v) is 2.78. The van der Waals surface area contributed by atoms with Gasteiger partial charge >= 0.3 is 6.18 Å². The number of hydrogen-bond donors (Lipinski definition) is 0. The number of nitrogens with zero attached hydrogens (tertiary/aromatic N) is 1. The van der Waals surface area contributed by atoms with Crippen LogP contribution in [0.5, 0.6) is 0 Å². The Morgan fingerprint density at radius 1 is 1.05 bits per heavy atom. The standard InChI is InChI=1S/C14H14F3NO3/c15-14(16,17)12-6-2-1-5-11(12)13(21)18(7-3-9-19)8-4-10-20/h1-2,5-6,9-10H,3-4,7-8H2. The molecule has 0 bridgehead atoms. The van der Waals surface area contributed by atoms with E-state index in [9.17, 15) is 27.6 Å². The number of hydrogen-bond acceptors (Lipinski definition) is 3. The van der Waals surface area contributed by atoms with Crippen LogP contribution in [0.1, 0.15) is 28.8 Å². The van der Waals surface area contributed by atoms with Gasteiger partial charge in [0.25, 0.3) is 5.91 Å². The van der Waals surface area contributed by atoms with Gasteiger partial charge in [-0.05, 0) is 12.1 Å². The third kappa shape index (κ3) is 4.70. The van der Waals surface area contributed by atoms with Gasteiger partial charge in [0.05, 0.1) is 11.1 Å². The van der Waals surface area contributed by atoms with Gasteiger partial charge in [0.15, 0.2) is 0 Å². The van der Waals surface area contributed by atoms with Crippen molar-refractivity contribution in [1.29, 1.82) is 0 Å². The van der Waals surface area contributed by atoms with Crippen molar-refractivity contribution in [3.8, 4) is 0 Å². The van der Waals surface area contributed by atoms with Gasteiger partial charge in [-0.15, -0.1) is 0 Å². The van der Waals surface area contributed by atoms with E-state index < -0.39 is 23.2 Å². The van der Waals surface area contributed by atoms with Crippen molar-refractivity contribution < 1.29 is 27.6 Å². The van der Waals surface area contributed by atoms with Crippen LogP contribution in [0.15, 0.2) is 24.3 Å². The first-order valence-electron chi connectivity index (χ1n) is 6.24. The molecule has 21 heavy (non-hydrogen) atoms. The van der Waals surface area contributed by atoms with Crippen molar-refractivity contribution in [1.82, 2.24) is 4.90 Å². The van der Waals surface area contributed by atoms with E-state index in [2.05, 4.69) is 0 Å². The van der Waals surface area contributed by atoms with Crippen LogP contribution in [0.4, 0.5) is 13.2 Å². The fourth-order valence-electron chi connectivity index (χ4n) is 1.82. The van der Waals surface area contributed by atoms with E-state index in [0.717, 1.165) is 17.0 Å². The second-order valence-electron chi connectivity index (χ2n) is 4.25. The van der Waals surface area contributed by atoms with E-state index in [1.807, 2.05) is 0 Å². The summed E-state index contributed by atoms with van der Waals surface area (Å²) in [5, 5.41) is 0. The van der Waals surface area contributed by atoms with Gasteiger partial charge in [-0.1, -0.05) is 12.1 Å². The first-order chi connectivity index (χ1) is 9.91. The van der Waals surface area contributed by atoms with Gasteiger partial charge in [0.2, 0.25) is 0 Å². The van der Waals surface area contributed by atoms with Crippen molar-refractivity contribution in [2.45, 2.75) is 19.0 Å². The number of benzene rings is 1. The SMILES string of the molecule is O=CCCN(CCC=O)C(=O)c1ccccc1C(F)(F)F. The van der Waals surface area contributed by atoms with Crippen LogP contribution in [-0.2, 0) is 15.8 Å². The lowest BCUT2D eigenvalue weighted by molar-refractivity contribution is -0.138. The molecule has 0 aromatic heterocycles. The van der Waals surface area contributed by atoms with Gasteiger partial charge in [0, 0.05) is 25.9 Å². The summed E-state index contributed by atoms with van der Waals surface area (Å²) in [5.74, 6) is -0.841. The Morgan fingerprint density at radius 2 is 1.57 bits per heavy atom. The van der Waals surface area contributed by atoms with Crippen molar-refractivity contribution in [3.05, 3.63) is 35.4 Å². The maximum Gasteiger partial charge on any atom is 0.417 e. The van der Waals surface area contributed by atoms with Gasteiger partial charge < -0.3 is 14.5 Å². The molecule has 1 rings (SSSR count). The second kappa shape index (κ2) is 7.56. The van der Waals surface area contributed by atoms with E-state index in [4.69, 9.17) is 0 Å². The maximum atomic E-state index is 12.9. The molecule has 0 heterocycles. The lowest BCUT2D eigenvalue weighted by Gasteiger charge is -2.22. The molecule has 0 aliphatic rings. The smallest absolute Gasteiger partial charge is 0.338 e. The molecular weight excluding hydrogens is 287 g/mol. The predicted molar refractivity (Wildman–Crippen MR) is 68.7 cm³/mol. The molecule has 0 aliphatic carbocycles. The van der Waals surface area contributed by atoms with Gasteiger partial charge in [-0.25, -0.2) is 0 Å². The van der Waals surface area contributed by atoms with Crippen LogP contribution in [0.25, 0.3) is 0 Å². The Bertz CT molecular complexity index is 502. The number of carbonyl (C=O) groups is 3. The number of carbonyl (C=O) groups excluding carboxylic acids is 3. The molecule has 0 aliphatic heterocycles. The van der Waals surface area contributed by atoms with Crippen LogP contribution < -0.4 is 0 Å². The summed E-state index contributed by atoms with van der Waals surface area (Å²) in [4.78, 5) is 34.1. The summed E-state index contributed by atoms with van der Waals surface area (Å²) in [6.07, 6.45) is -3.52. The average Bonchev–Trinajstić information content (AvgIpc) is 2.46. The minimum absolute atomic E-state index is 0.00121. The molecule has 7 heteroatoms. The highest BCUT2D eigenvalue weighted by Gasteiger charge is 2.35. The van der Waals surface area contributed by atoms with E-state index in [-0.39, 0.29) is 25.9 Å². The molecule has 0 atom stereocenters. The van der Waals surface area contributed by atoms with Crippen LogP contribution >= 0.6 is 0 Å². The molecular formula is C14H14F3NO3. The summed E-state index contributed by atoms with van der Waals surface area (Å²) >= 11 is 0. The normalized spacial score (nSPS) is 11.0. The summed E-state index contributed by atoms with van der Waals surface area (Å²) in [5.41, 5.74) is -1.51. The molecule has 0 fully saturated rings. The third-order valence-electron chi connectivity index (χ3n) is 2.78. The number of rotatable bonds is 7. The summed E-state index contributed by atoms with van der Waals surface area (Å²) in [6, 6.07) is 4.44. The first-order valence-corrected chi connectivity index (χ1v) is 6.24. The monoisotopic (exact) mass is 301 g/mol. The van der Waals surface area contributed by atoms with E-state index in [0.29, 0.717) is 12.6 Å². The zero-order chi connectivity index (χ0) is 15.9. The largest absolute Gasteiger partial charge is 0.417 e. The van der Waals surface area contributed by atoms with Crippen molar-refractivity contribution >= 4 is 18.5 Å². The van der Waals surface area contributed by atoms with Gasteiger partial charge in [0.1, 0.15) is 12.6 Å². The van der Waals surface area contributed by atoms with Crippen molar-refractivity contribution in [2.75, 3.05) is 13.1 Å². The van der Waals surface area contributed by atoms with Crippen molar-refractivity contribution in [3.63, 3.8) is 0 Å². The highest BCUT2D eigenvalue weighted by atomic mass is 19.4. The summed E-state index contributed by atoms with van der Waals surface area (Å²) < 4.78 is 38.7.